The largest absolute Gasteiger partial charge is 0.370 e. The van der Waals surface area contributed by atoms with E-state index in [1.165, 1.54) is 6.33 Å². The van der Waals surface area contributed by atoms with E-state index in [1.54, 1.807) is 6.07 Å². The van der Waals surface area contributed by atoms with Gasteiger partial charge in [0.1, 0.15) is 17.8 Å². The lowest BCUT2D eigenvalue weighted by Gasteiger charge is -2.09. The van der Waals surface area contributed by atoms with Gasteiger partial charge in [0.25, 0.3) is 5.91 Å². The van der Waals surface area contributed by atoms with Crippen LogP contribution in [0, 0.1) is 6.92 Å². The molecule has 0 aliphatic heterocycles. The maximum absolute atomic E-state index is 12.4. The number of para-hydroxylation sites is 1. The number of aryl methyl sites for hydroxylation is 1. The number of benzene rings is 2. The Kier molecular flexibility index (Phi) is 5.81. The fourth-order valence-electron chi connectivity index (χ4n) is 2.51. The minimum Gasteiger partial charge on any atom is -0.370 e. The summed E-state index contributed by atoms with van der Waals surface area (Å²) in [6, 6.07) is 17.0. The van der Waals surface area contributed by atoms with Gasteiger partial charge in [-0.25, -0.2) is 9.97 Å². The van der Waals surface area contributed by atoms with Crippen LogP contribution in [0.5, 0.6) is 0 Å². The zero-order valence-corrected chi connectivity index (χ0v) is 15.1. The van der Waals surface area contributed by atoms with Gasteiger partial charge in [-0.1, -0.05) is 41.9 Å². The van der Waals surface area contributed by atoms with E-state index in [1.807, 2.05) is 55.5 Å². The number of rotatable bonds is 6. The van der Waals surface area contributed by atoms with Gasteiger partial charge in [0.2, 0.25) is 0 Å². The number of hydrogen-bond acceptors (Lipinski definition) is 4. The van der Waals surface area contributed by atoms with Crippen molar-refractivity contribution in [3.8, 4) is 0 Å². The Hall–Kier alpha value is -2.92. The number of halogens is 1. The molecule has 0 saturated carbocycles. The van der Waals surface area contributed by atoms with Crippen molar-refractivity contribution in [2.75, 3.05) is 17.2 Å². The van der Waals surface area contributed by atoms with Crippen LogP contribution in [-0.2, 0) is 6.42 Å². The van der Waals surface area contributed by atoms with Crippen LogP contribution in [0.25, 0.3) is 0 Å². The highest BCUT2D eigenvalue weighted by atomic mass is 35.5. The molecule has 6 heteroatoms. The normalized spacial score (nSPS) is 10.4. The molecule has 0 aliphatic rings. The van der Waals surface area contributed by atoms with Gasteiger partial charge in [-0.2, -0.15) is 0 Å². The van der Waals surface area contributed by atoms with Crippen molar-refractivity contribution in [3.63, 3.8) is 0 Å². The topological polar surface area (TPSA) is 66.9 Å². The molecule has 3 rings (SSSR count). The van der Waals surface area contributed by atoms with Crippen LogP contribution < -0.4 is 10.6 Å². The molecule has 0 unspecified atom stereocenters. The zero-order valence-electron chi connectivity index (χ0n) is 14.4. The molecule has 0 saturated heterocycles. The fraction of sp³-hybridized carbons (Fsp3) is 0.150. The maximum atomic E-state index is 12.4. The monoisotopic (exact) mass is 366 g/mol. The summed E-state index contributed by atoms with van der Waals surface area (Å²) < 4.78 is 0. The van der Waals surface area contributed by atoms with Gasteiger partial charge in [-0.05, 0) is 42.7 Å². The number of carbonyl (C=O) groups is 1. The van der Waals surface area contributed by atoms with E-state index in [0.717, 1.165) is 28.3 Å². The predicted molar refractivity (Wildman–Crippen MR) is 105 cm³/mol. The first-order valence-corrected chi connectivity index (χ1v) is 8.67. The minimum absolute atomic E-state index is 0.264. The zero-order chi connectivity index (χ0) is 18.4. The lowest BCUT2D eigenvalue weighted by molar-refractivity contribution is 0.102. The van der Waals surface area contributed by atoms with Crippen molar-refractivity contribution in [1.29, 1.82) is 0 Å². The van der Waals surface area contributed by atoms with Crippen molar-refractivity contribution in [2.24, 2.45) is 0 Å². The first-order chi connectivity index (χ1) is 12.6. The molecule has 2 N–H and O–H groups in total. The van der Waals surface area contributed by atoms with Crippen LogP contribution in [-0.4, -0.2) is 22.4 Å². The van der Waals surface area contributed by atoms with E-state index >= 15 is 0 Å². The highest BCUT2D eigenvalue weighted by molar-refractivity contribution is 6.30. The number of amides is 1. The van der Waals surface area contributed by atoms with E-state index in [4.69, 9.17) is 11.6 Å². The number of anilines is 2. The lowest BCUT2D eigenvalue weighted by atomic mass is 10.1. The van der Waals surface area contributed by atoms with E-state index in [9.17, 15) is 4.79 Å². The molecule has 3 aromatic rings. The highest BCUT2D eigenvalue weighted by Crippen LogP contribution is 2.15. The minimum atomic E-state index is -0.264. The summed E-state index contributed by atoms with van der Waals surface area (Å²) in [5.74, 6) is 0.344. The summed E-state index contributed by atoms with van der Waals surface area (Å²) in [4.78, 5) is 20.6. The molecule has 5 nitrogen and oxygen atoms in total. The summed E-state index contributed by atoms with van der Waals surface area (Å²) in [6.07, 6.45) is 2.18. The van der Waals surface area contributed by atoms with Crippen molar-refractivity contribution in [2.45, 2.75) is 13.3 Å². The van der Waals surface area contributed by atoms with Crippen LogP contribution in [0.2, 0.25) is 5.02 Å². The van der Waals surface area contributed by atoms with Crippen molar-refractivity contribution < 1.29 is 4.79 Å². The summed E-state index contributed by atoms with van der Waals surface area (Å²) in [6.45, 7) is 2.62. The smallest absolute Gasteiger partial charge is 0.274 e. The van der Waals surface area contributed by atoms with Crippen molar-refractivity contribution in [1.82, 2.24) is 9.97 Å². The Balaban J connectivity index is 1.60. The maximum Gasteiger partial charge on any atom is 0.274 e. The second-order valence-corrected chi connectivity index (χ2v) is 6.30. The quantitative estimate of drug-likeness (QED) is 0.680. The van der Waals surface area contributed by atoms with E-state index in [-0.39, 0.29) is 5.91 Å². The van der Waals surface area contributed by atoms with E-state index in [0.29, 0.717) is 18.1 Å². The molecule has 1 aromatic heterocycles. The first kappa shape index (κ1) is 17.9. The van der Waals surface area contributed by atoms with Gasteiger partial charge in [-0.3, -0.25) is 4.79 Å². The third-order valence-electron chi connectivity index (χ3n) is 3.90. The van der Waals surface area contributed by atoms with Crippen LogP contribution in [0.15, 0.2) is 60.9 Å². The molecular weight excluding hydrogens is 348 g/mol. The van der Waals surface area contributed by atoms with Crippen molar-refractivity contribution >= 4 is 29.0 Å². The molecule has 26 heavy (non-hydrogen) atoms. The van der Waals surface area contributed by atoms with Gasteiger partial charge >= 0.3 is 0 Å². The lowest BCUT2D eigenvalue weighted by Crippen LogP contribution is -2.15. The van der Waals surface area contributed by atoms with E-state index in [2.05, 4.69) is 20.6 Å². The number of nitrogens with zero attached hydrogens (tertiary/aromatic N) is 2. The summed E-state index contributed by atoms with van der Waals surface area (Å²) in [7, 11) is 0. The SMILES string of the molecule is Cc1ccccc1NC(=O)c1cc(NCCc2cccc(Cl)c2)ncn1. The molecule has 1 amide bonds. The second kappa shape index (κ2) is 8.45. The number of nitrogens with one attached hydrogen (secondary N) is 2. The standard InChI is InChI=1S/C20H19ClN4O/c1-14-5-2-3-8-17(14)25-20(26)18-12-19(24-13-23-18)22-10-9-15-6-4-7-16(21)11-15/h2-8,11-13H,9-10H2,1H3,(H,25,26)(H,22,23,24). The van der Waals surface area contributed by atoms with Gasteiger partial charge in [0.05, 0.1) is 0 Å². The van der Waals surface area contributed by atoms with Gasteiger partial charge < -0.3 is 10.6 Å². The Bertz CT molecular complexity index is 914. The second-order valence-electron chi connectivity index (χ2n) is 5.86. The molecule has 0 aliphatic carbocycles. The molecule has 0 atom stereocenters. The molecule has 0 radical (unpaired) electrons. The Morgan fingerprint density at radius 3 is 2.73 bits per heavy atom. The molecular formula is C20H19ClN4O. The highest BCUT2D eigenvalue weighted by Gasteiger charge is 2.10. The Labute approximate surface area is 157 Å². The molecule has 132 valence electrons. The summed E-state index contributed by atoms with van der Waals surface area (Å²) in [5.41, 5.74) is 3.21. The number of carbonyl (C=O) groups excluding carboxylic acids is 1. The van der Waals surface area contributed by atoms with Crippen LogP contribution in [0.3, 0.4) is 0 Å². The Morgan fingerprint density at radius 2 is 1.92 bits per heavy atom. The summed E-state index contributed by atoms with van der Waals surface area (Å²) >= 11 is 5.99. The summed E-state index contributed by atoms with van der Waals surface area (Å²) in [5, 5.41) is 6.80. The predicted octanol–water partition coefficient (Wildman–Crippen LogP) is 4.35. The third-order valence-corrected chi connectivity index (χ3v) is 4.14. The molecule has 0 spiro atoms. The molecule has 0 bridgehead atoms. The fourth-order valence-corrected chi connectivity index (χ4v) is 2.72. The average Bonchev–Trinajstić information content (AvgIpc) is 2.64. The van der Waals surface area contributed by atoms with Crippen LogP contribution in [0.1, 0.15) is 21.6 Å². The van der Waals surface area contributed by atoms with Crippen LogP contribution in [0.4, 0.5) is 11.5 Å². The number of aromatic nitrogens is 2. The third kappa shape index (κ3) is 4.80. The molecule has 0 fully saturated rings. The Morgan fingerprint density at radius 1 is 1.08 bits per heavy atom. The van der Waals surface area contributed by atoms with Gasteiger partial charge in [-0.15, -0.1) is 0 Å². The average molecular weight is 367 g/mol. The number of hydrogen-bond donors (Lipinski definition) is 2. The van der Waals surface area contributed by atoms with Crippen LogP contribution >= 0.6 is 11.6 Å². The first-order valence-electron chi connectivity index (χ1n) is 8.29. The van der Waals surface area contributed by atoms with Gasteiger partial charge in [0, 0.05) is 23.3 Å². The van der Waals surface area contributed by atoms with Crippen molar-refractivity contribution in [3.05, 3.63) is 82.8 Å². The van der Waals surface area contributed by atoms with E-state index < -0.39 is 0 Å². The molecule has 1 heterocycles. The molecule has 2 aromatic carbocycles. The van der Waals surface area contributed by atoms with Gasteiger partial charge in [0.15, 0.2) is 0 Å².